The number of halogens is 4. The summed E-state index contributed by atoms with van der Waals surface area (Å²) in [6.45, 7) is 1.93. The van der Waals surface area contributed by atoms with Gasteiger partial charge in [-0.05, 0) is 24.6 Å². The lowest BCUT2D eigenvalue weighted by atomic mass is 10.1. The number of fused-ring (bicyclic) bond motifs is 1. The normalized spacial score (nSPS) is 12.0. The summed E-state index contributed by atoms with van der Waals surface area (Å²) >= 11 is 7.44. The first-order chi connectivity index (χ1) is 12.3. The first kappa shape index (κ1) is 18.4. The molecule has 0 bridgehead atoms. The van der Waals surface area contributed by atoms with Gasteiger partial charge >= 0.3 is 6.18 Å². The molecule has 1 heterocycles. The number of hydrogen-bond acceptors (Lipinski definition) is 3. The minimum Gasteiger partial charge on any atom is -0.266 e. The van der Waals surface area contributed by atoms with Crippen LogP contribution >= 0.6 is 22.9 Å². The lowest BCUT2D eigenvalue weighted by Gasteiger charge is -2.09. The molecule has 3 nitrogen and oxygen atoms in total. The standard InChI is InChI=1S/C18H12ClF3N2OS/c1-10-6-7-12-14(8-10)26-16(15(12)19)17(25)24-23-9-11-4-2-3-5-13(11)18(20,21)22/h2-9H,1H3,(H,24,25)/b23-9+. The largest absolute Gasteiger partial charge is 0.417 e. The second-order valence-electron chi connectivity index (χ2n) is 5.53. The Hall–Kier alpha value is -2.38. The van der Waals surface area contributed by atoms with Gasteiger partial charge in [0.1, 0.15) is 4.88 Å². The van der Waals surface area contributed by atoms with Gasteiger partial charge in [0.25, 0.3) is 5.91 Å². The number of benzene rings is 2. The summed E-state index contributed by atoms with van der Waals surface area (Å²) in [7, 11) is 0. The van der Waals surface area contributed by atoms with Crippen LogP contribution in [0.2, 0.25) is 5.02 Å². The second-order valence-corrected chi connectivity index (χ2v) is 6.96. The number of aryl methyl sites for hydroxylation is 1. The monoisotopic (exact) mass is 396 g/mol. The fraction of sp³-hybridized carbons (Fsp3) is 0.111. The Labute approximate surface area is 156 Å². The predicted octanol–water partition coefficient (Wildman–Crippen LogP) is 5.65. The Morgan fingerprint density at radius 2 is 1.96 bits per heavy atom. The summed E-state index contributed by atoms with van der Waals surface area (Å²) in [5, 5.41) is 4.69. The van der Waals surface area contributed by atoms with Gasteiger partial charge in [-0.3, -0.25) is 4.79 Å². The van der Waals surface area contributed by atoms with Crippen LogP contribution in [-0.2, 0) is 6.18 Å². The number of carbonyl (C=O) groups is 1. The van der Waals surface area contributed by atoms with E-state index in [4.69, 9.17) is 11.6 Å². The molecule has 2 aromatic carbocycles. The van der Waals surface area contributed by atoms with Gasteiger partial charge in [-0.2, -0.15) is 18.3 Å². The Morgan fingerprint density at radius 1 is 1.23 bits per heavy atom. The van der Waals surface area contributed by atoms with Crippen molar-refractivity contribution in [1.29, 1.82) is 0 Å². The van der Waals surface area contributed by atoms with Crippen LogP contribution in [0.1, 0.15) is 26.4 Å². The number of rotatable bonds is 3. The Morgan fingerprint density at radius 3 is 2.69 bits per heavy atom. The zero-order valence-electron chi connectivity index (χ0n) is 13.4. The van der Waals surface area contributed by atoms with Crippen molar-refractivity contribution in [3.63, 3.8) is 0 Å². The molecule has 8 heteroatoms. The van der Waals surface area contributed by atoms with Crippen LogP contribution < -0.4 is 5.43 Å². The molecule has 26 heavy (non-hydrogen) atoms. The number of hydrogen-bond donors (Lipinski definition) is 1. The number of carbonyl (C=O) groups excluding carboxylic acids is 1. The molecule has 0 spiro atoms. The molecule has 0 unspecified atom stereocenters. The van der Waals surface area contributed by atoms with Crippen LogP contribution in [0.25, 0.3) is 10.1 Å². The summed E-state index contributed by atoms with van der Waals surface area (Å²) in [4.78, 5) is 12.5. The molecule has 1 aromatic heterocycles. The lowest BCUT2D eigenvalue weighted by Crippen LogP contribution is -2.17. The van der Waals surface area contributed by atoms with Gasteiger partial charge in [-0.25, -0.2) is 5.43 Å². The number of amides is 1. The fourth-order valence-corrected chi connectivity index (χ4v) is 3.90. The van der Waals surface area contributed by atoms with E-state index in [0.29, 0.717) is 5.02 Å². The quantitative estimate of drug-likeness (QED) is 0.451. The van der Waals surface area contributed by atoms with Crippen molar-refractivity contribution in [1.82, 2.24) is 5.43 Å². The van der Waals surface area contributed by atoms with Crippen LogP contribution in [0, 0.1) is 6.92 Å². The van der Waals surface area contributed by atoms with Crippen LogP contribution in [0.4, 0.5) is 13.2 Å². The molecule has 0 fully saturated rings. The van der Waals surface area contributed by atoms with Gasteiger partial charge in [0.05, 0.1) is 16.8 Å². The molecule has 0 saturated carbocycles. The molecule has 1 amide bonds. The van der Waals surface area contributed by atoms with E-state index in [0.717, 1.165) is 27.9 Å². The topological polar surface area (TPSA) is 41.5 Å². The van der Waals surface area contributed by atoms with E-state index < -0.39 is 17.6 Å². The summed E-state index contributed by atoms with van der Waals surface area (Å²) in [6.07, 6.45) is -3.54. The molecule has 3 rings (SSSR count). The molecular formula is C18H12ClF3N2OS. The predicted molar refractivity (Wildman–Crippen MR) is 98.1 cm³/mol. The zero-order valence-corrected chi connectivity index (χ0v) is 15.0. The SMILES string of the molecule is Cc1ccc2c(Cl)c(C(=O)N/N=C/c3ccccc3C(F)(F)F)sc2c1. The van der Waals surface area contributed by atoms with E-state index in [1.807, 2.05) is 25.1 Å². The van der Waals surface area contributed by atoms with Gasteiger partial charge in [0.15, 0.2) is 0 Å². The highest BCUT2D eigenvalue weighted by Gasteiger charge is 2.32. The number of hydrazone groups is 1. The number of thiophene rings is 1. The Bertz CT molecular complexity index is 1010. The average Bonchev–Trinajstić information content (AvgIpc) is 2.90. The molecule has 0 aliphatic heterocycles. The highest BCUT2D eigenvalue weighted by Crippen LogP contribution is 2.35. The average molecular weight is 397 g/mol. The molecular weight excluding hydrogens is 385 g/mol. The van der Waals surface area contributed by atoms with E-state index in [1.54, 1.807) is 0 Å². The molecule has 0 saturated heterocycles. The van der Waals surface area contributed by atoms with E-state index in [9.17, 15) is 18.0 Å². The second kappa shape index (κ2) is 7.09. The highest BCUT2D eigenvalue weighted by atomic mass is 35.5. The van der Waals surface area contributed by atoms with E-state index in [1.165, 1.54) is 29.5 Å². The first-order valence-electron chi connectivity index (χ1n) is 7.45. The van der Waals surface area contributed by atoms with E-state index in [2.05, 4.69) is 10.5 Å². The first-order valence-corrected chi connectivity index (χ1v) is 8.65. The van der Waals surface area contributed by atoms with Gasteiger partial charge in [-0.15, -0.1) is 11.3 Å². The van der Waals surface area contributed by atoms with E-state index >= 15 is 0 Å². The van der Waals surface area contributed by atoms with Crippen molar-refractivity contribution >= 4 is 45.1 Å². The third-order valence-corrected chi connectivity index (χ3v) is 5.28. The summed E-state index contributed by atoms with van der Waals surface area (Å²) in [5.74, 6) is -0.574. The van der Waals surface area contributed by atoms with Crippen molar-refractivity contribution in [2.75, 3.05) is 0 Å². The molecule has 134 valence electrons. The van der Waals surface area contributed by atoms with Crippen LogP contribution in [0.5, 0.6) is 0 Å². The maximum Gasteiger partial charge on any atom is 0.417 e. The number of nitrogens with zero attached hydrogens (tertiary/aromatic N) is 1. The summed E-state index contributed by atoms with van der Waals surface area (Å²) in [5.41, 5.74) is 2.30. The molecule has 3 aromatic rings. The van der Waals surface area contributed by atoms with Crippen LogP contribution in [0.15, 0.2) is 47.6 Å². The lowest BCUT2D eigenvalue weighted by molar-refractivity contribution is -0.137. The van der Waals surface area contributed by atoms with E-state index in [-0.39, 0.29) is 10.4 Å². The fourth-order valence-electron chi connectivity index (χ4n) is 2.40. The number of alkyl halides is 3. The minimum absolute atomic E-state index is 0.140. The van der Waals surface area contributed by atoms with Crippen LogP contribution in [-0.4, -0.2) is 12.1 Å². The smallest absolute Gasteiger partial charge is 0.266 e. The summed E-state index contributed by atoms with van der Waals surface area (Å²) < 4.78 is 39.7. The van der Waals surface area contributed by atoms with Crippen molar-refractivity contribution in [3.8, 4) is 0 Å². The van der Waals surface area contributed by atoms with Crippen LogP contribution in [0.3, 0.4) is 0 Å². The van der Waals surface area contributed by atoms with Crippen molar-refractivity contribution in [3.05, 3.63) is 69.1 Å². The molecule has 0 aliphatic rings. The van der Waals surface area contributed by atoms with Gasteiger partial charge in [-0.1, -0.05) is 41.9 Å². The van der Waals surface area contributed by atoms with Gasteiger partial charge in [0.2, 0.25) is 0 Å². The van der Waals surface area contributed by atoms with Gasteiger partial charge < -0.3 is 0 Å². The van der Waals surface area contributed by atoms with Crippen molar-refractivity contribution in [2.45, 2.75) is 13.1 Å². The Balaban J connectivity index is 1.82. The molecule has 1 N–H and O–H groups in total. The molecule has 0 atom stereocenters. The maximum absolute atomic E-state index is 12.9. The molecule has 0 radical (unpaired) electrons. The molecule has 0 aliphatic carbocycles. The number of nitrogens with one attached hydrogen (secondary N) is 1. The Kier molecular flexibility index (Phi) is 5.02. The third-order valence-electron chi connectivity index (χ3n) is 3.63. The zero-order chi connectivity index (χ0) is 18.9. The van der Waals surface area contributed by atoms with Crippen molar-refractivity contribution < 1.29 is 18.0 Å². The highest BCUT2D eigenvalue weighted by molar-refractivity contribution is 7.21. The van der Waals surface area contributed by atoms with Gasteiger partial charge in [0, 0.05) is 15.6 Å². The van der Waals surface area contributed by atoms with Crippen molar-refractivity contribution in [2.24, 2.45) is 5.10 Å². The summed E-state index contributed by atoms with van der Waals surface area (Å²) in [6, 6.07) is 10.6. The third kappa shape index (κ3) is 3.73. The minimum atomic E-state index is -4.50. The maximum atomic E-state index is 12.9.